The molecular weight excluding hydrogens is 351 g/mol. The number of amides is 1. The normalized spacial score (nSPS) is 23.4. The number of hydrogen-bond acceptors (Lipinski definition) is 5. The largest absolute Gasteiger partial charge is 0.450 e. The minimum absolute atomic E-state index is 0.167. The summed E-state index contributed by atoms with van der Waals surface area (Å²) in [5, 5.41) is 3.87. The molecule has 7 heteroatoms. The molecule has 3 rings (SSSR count). The second-order valence-electron chi connectivity index (χ2n) is 7.02. The number of halogens is 1. The van der Waals surface area contributed by atoms with E-state index < -0.39 is 18.2 Å². The number of ether oxygens (including phenoxy) is 1. The molecule has 0 bridgehead atoms. The number of hydrogen-bond donors (Lipinski definition) is 0. The Morgan fingerprint density at radius 1 is 1.41 bits per heavy atom. The maximum absolute atomic E-state index is 13.3. The van der Waals surface area contributed by atoms with E-state index in [4.69, 9.17) is 9.57 Å². The molecule has 1 aromatic rings. The molecule has 2 aliphatic heterocycles. The average Bonchev–Trinajstić information content (AvgIpc) is 3.17. The van der Waals surface area contributed by atoms with Crippen LogP contribution in [0.15, 0.2) is 29.4 Å². The first-order chi connectivity index (χ1) is 13.0. The van der Waals surface area contributed by atoms with Gasteiger partial charge in [-0.3, -0.25) is 4.79 Å². The number of rotatable bonds is 5. The Labute approximate surface area is 158 Å². The molecule has 0 aromatic heterocycles. The van der Waals surface area contributed by atoms with E-state index in [-0.39, 0.29) is 24.2 Å². The van der Waals surface area contributed by atoms with Gasteiger partial charge in [0.25, 0.3) is 5.91 Å². The number of benzene rings is 1. The summed E-state index contributed by atoms with van der Waals surface area (Å²) < 4.78 is 18.7. The van der Waals surface area contributed by atoms with Crippen LogP contribution in [0.25, 0.3) is 0 Å². The zero-order chi connectivity index (χ0) is 19.4. The van der Waals surface area contributed by atoms with Crippen LogP contribution < -0.4 is 0 Å². The van der Waals surface area contributed by atoms with Crippen molar-refractivity contribution in [2.75, 3.05) is 6.54 Å². The van der Waals surface area contributed by atoms with E-state index in [1.807, 2.05) is 4.90 Å². The highest BCUT2D eigenvalue weighted by atomic mass is 19.1. The van der Waals surface area contributed by atoms with Crippen molar-refractivity contribution in [1.82, 2.24) is 4.90 Å². The highest BCUT2D eigenvalue weighted by Gasteiger charge is 2.35. The lowest BCUT2D eigenvalue weighted by Gasteiger charge is -2.36. The number of oxime groups is 1. The van der Waals surface area contributed by atoms with Crippen LogP contribution in [-0.2, 0) is 19.2 Å². The highest BCUT2D eigenvalue weighted by molar-refractivity contribution is 6.03. The molecule has 1 fully saturated rings. The van der Waals surface area contributed by atoms with Crippen LogP contribution in [0.4, 0.5) is 4.39 Å². The molecule has 0 saturated carbocycles. The minimum Gasteiger partial charge on any atom is -0.450 e. The van der Waals surface area contributed by atoms with Crippen molar-refractivity contribution in [3.8, 4) is 0 Å². The number of piperidine rings is 1. The number of esters is 1. The van der Waals surface area contributed by atoms with E-state index in [2.05, 4.69) is 12.1 Å². The quantitative estimate of drug-likeness (QED) is 0.741. The Morgan fingerprint density at radius 3 is 2.96 bits per heavy atom. The van der Waals surface area contributed by atoms with E-state index in [0.29, 0.717) is 17.8 Å². The molecular formula is C20H25FN2O4. The van der Waals surface area contributed by atoms with Crippen molar-refractivity contribution in [3.05, 3.63) is 35.6 Å². The predicted octanol–water partition coefficient (Wildman–Crippen LogP) is 3.04. The van der Waals surface area contributed by atoms with Crippen molar-refractivity contribution in [2.45, 2.75) is 64.2 Å². The molecule has 3 unspecified atom stereocenters. The summed E-state index contributed by atoms with van der Waals surface area (Å²) >= 11 is 0. The highest BCUT2D eigenvalue weighted by Crippen LogP contribution is 2.22. The van der Waals surface area contributed by atoms with E-state index in [1.54, 1.807) is 19.1 Å². The lowest BCUT2D eigenvalue weighted by atomic mass is 9.99. The summed E-state index contributed by atoms with van der Waals surface area (Å²) in [6, 6.07) is 6.15. The van der Waals surface area contributed by atoms with Crippen LogP contribution in [0, 0.1) is 5.82 Å². The third-order valence-corrected chi connectivity index (χ3v) is 5.11. The van der Waals surface area contributed by atoms with Gasteiger partial charge in [0.1, 0.15) is 5.82 Å². The fourth-order valence-corrected chi connectivity index (χ4v) is 3.59. The summed E-state index contributed by atoms with van der Waals surface area (Å²) in [6.07, 6.45) is 2.37. The maximum Gasteiger partial charge on any atom is 0.351 e. The fraction of sp³-hybridized carbons (Fsp3) is 0.550. The molecule has 0 radical (unpaired) electrons. The fourth-order valence-electron chi connectivity index (χ4n) is 3.59. The second kappa shape index (κ2) is 8.50. The molecule has 2 aliphatic rings. The van der Waals surface area contributed by atoms with Gasteiger partial charge in [-0.05, 0) is 44.7 Å². The van der Waals surface area contributed by atoms with Gasteiger partial charge in [-0.15, -0.1) is 0 Å². The van der Waals surface area contributed by atoms with E-state index >= 15 is 0 Å². The molecule has 0 N–H and O–H groups in total. The first-order valence-corrected chi connectivity index (χ1v) is 9.49. The van der Waals surface area contributed by atoms with Gasteiger partial charge in [0, 0.05) is 24.6 Å². The predicted molar refractivity (Wildman–Crippen MR) is 97.6 cm³/mol. The Bertz CT molecular complexity index is 736. The number of nitrogens with zero attached hydrogens (tertiary/aromatic N) is 2. The standard InChI is InChI=1S/C20H25FN2O4/c1-3-16-9-4-5-10-23(16)19(24)13(2)26-20(25)18-12-17(22-27-18)14-7-6-8-15(21)11-14/h6-8,11,13,16,18H,3-5,9-10,12H2,1-2H3. The zero-order valence-corrected chi connectivity index (χ0v) is 15.7. The maximum atomic E-state index is 13.3. The zero-order valence-electron chi connectivity index (χ0n) is 15.7. The molecule has 146 valence electrons. The topological polar surface area (TPSA) is 68.2 Å². The molecule has 2 heterocycles. The van der Waals surface area contributed by atoms with Gasteiger partial charge < -0.3 is 14.5 Å². The number of likely N-dealkylation sites (tertiary alicyclic amines) is 1. The molecule has 27 heavy (non-hydrogen) atoms. The van der Waals surface area contributed by atoms with Crippen LogP contribution in [-0.4, -0.2) is 47.3 Å². The van der Waals surface area contributed by atoms with E-state index in [1.165, 1.54) is 12.1 Å². The summed E-state index contributed by atoms with van der Waals surface area (Å²) in [5.74, 6) is -1.18. The lowest BCUT2D eigenvalue weighted by Crippen LogP contribution is -2.48. The Balaban J connectivity index is 1.55. The van der Waals surface area contributed by atoms with Crippen LogP contribution >= 0.6 is 0 Å². The molecule has 1 saturated heterocycles. The monoisotopic (exact) mass is 376 g/mol. The Morgan fingerprint density at radius 2 is 2.22 bits per heavy atom. The first kappa shape index (κ1) is 19.3. The van der Waals surface area contributed by atoms with Gasteiger partial charge in [-0.2, -0.15) is 0 Å². The van der Waals surface area contributed by atoms with Crippen molar-refractivity contribution < 1.29 is 23.6 Å². The SMILES string of the molecule is CCC1CCCCN1C(=O)C(C)OC(=O)C1CC(c2cccc(F)c2)=NO1. The van der Waals surface area contributed by atoms with Gasteiger partial charge in [-0.1, -0.05) is 24.2 Å². The summed E-state index contributed by atoms with van der Waals surface area (Å²) in [6.45, 7) is 4.35. The summed E-state index contributed by atoms with van der Waals surface area (Å²) in [4.78, 5) is 32.0. The smallest absolute Gasteiger partial charge is 0.351 e. The van der Waals surface area contributed by atoms with Crippen molar-refractivity contribution in [2.24, 2.45) is 5.16 Å². The third-order valence-electron chi connectivity index (χ3n) is 5.11. The average molecular weight is 376 g/mol. The Kier molecular flexibility index (Phi) is 6.08. The van der Waals surface area contributed by atoms with Crippen molar-refractivity contribution in [3.63, 3.8) is 0 Å². The van der Waals surface area contributed by atoms with Gasteiger partial charge in [0.05, 0.1) is 5.71 Å². The summed E-state index contributed by atoms with van der Waals surface area (Å²) in [5.41, 5.74) is 1.05. The van der Waals surface area contributed by atoms with Crippen LogP contribution in [0.3, 0.4) is 0 Å². The molecule has 0 spiro atoms. The van der Waals surface area contributed by atoms with E-state index in [9.17, 15) is 14.0 Å². The van der Waals surface area contributed by atoms with Crippen molar-refractivity contribution >= 4 is 17.6 Å². The Hall–Kier alpha value is -2.44. The summed E-state index contributed by atoms with van der Waals surface area (Å²) in [7, 11) is 0. The molecule has 1 amide bonds. The lowest BCUT2D eigenvalue weighted by molar-refractivity contribution is -0.168. The van der Waals surface area contributed by atoms with E-state index in [0.717, 1.165) is 25.7 Å². The number of carbonyl (C=O) groups excluding carboxylic acids is 2. The minimum atomic E-state index is -0.915. The van der Waals surface area contributed by atoms with Crippen LogP contribution in [0.5, 0.6) is 0 Å². The molecule has 6 nitrogen and oxygen atoms in total. The molecule has 3 atom stereocenters. The van der Waals surface area contributed by atoms with Gasteiger partial charge in [0.15, 0.2) is 6.10 Å². The van der Waals surface area contributed by atoms with Gasteiger partial charge in [0.2, 0.25) is 6.10 Å². The van der Waals surface area contributed by atoms with Crippen LogP contribution in [0.1, 0.15) is 51.5 Å². The second-order valence-corrected chi connectivity index (χ2v) is 7.02. The van der Waals surface area contributed by atoms with Gasteiger partial charge >= 0.3 is 5.97 Å². The number of carbonyl (C=O) groups is 2. The molecule has 0 aliphatic carbocycles. The third kappa shape index (κ3) is 4.46. The van der Waals surface area contributed by atoms with Crippen LogP contribution in [0.2, 0.25) is 0 Å². The first-order valence-electron chi connectivity index (χ1n) is 9.49. The van der Waals surface area contributed by atoms with Gasteiger partial charge in [-0.25, -0.2) is 9.18 Å². The van der Waals surface area contributed by atoms with Crippen molar-refractivity contribution in [1.29, 1.82) is 0 Å². The molecule has 1 aromatic carbocycles.